The number of benzene rings is 2. The van der Waals surface area contributed by atoms with E-state index in [1.807, 2.05) is 11.8 Å². The quantitative estimate of drug-likeness (QED) is 0.668. The lowest BCUT2D eigenvalue weighted by atomic mass is 10.2. The number of thioether (sulfide) groups is 2. The third-order valence-electron chi connectivity index (χ3n) is 4.20. The highest BCUT2D eigenvalue weighted by atomic mass is 32.2. The van der Waals surface area contributed by atoms with Gasteiger partial charge in [0.2, 0.25) is 0 Å². The Bertz CT molecular complexity index is 841. The van der Waals surface area contributed by atoms with Crippen LogP contribution in [0.25, 0.3) is 4.91 Å². The van der Waals surface area contributed by atoms with Crippen molar-refractivity contribution < 1.29 is 0 Å². The molecule has 25 heavy (non-hydrogen) atoms. The molecule has 1 radical (unpaired) electrons. The number of nitrogens with zero attached hydrogens (tertiary/aromatic N) is 2. The summed E-state index contributed by atoms with van der Waals surface area (Å²) in [6.07, 6.45) is 4.46. The Morgan fingerprint density at radius 1 is 0.800 bits per heavy atom. The summed E-state index contributed by atoms with van der Waals surface area (Å²) >= 11 is 3.60. The van der Waals surface area contributed by atoms with Gasteiger partial charge < -0.3 is 9.80 Å². The molecule has 2 heterocycles. The summed E-state index contributed by atoms with van der Waals surface area (Å²) in [5.41, 5.74) is 3.75. The molecule has 0 aromatic heterocycles. The Balaban J connectivity index is 1.71. The monoisotopic (exact) mass is 363 g/mol. The van der Waals surface area contributed by atoms with Crippen molar-refractivity contribution in [3.05, 3.63) is 106 Å². The van der Waals surface area contributed by atoms with Crippen molar-refractivity contribution in [2.75, 3.05) is 7.05 Å². The standard InChI is InChI=1S/C21H19N2S2/c1-16-15-24-20(14-22(16)2)23-13-19(17-9-5-3-6-10-17)25-21(23)18-11-7-4-8-12-18/h3-15H,1-2H3. The Morgan fingerprint density at radius 3 is 2.08 bits per heavy atom. The van der Waals surface area contributed by atoms with E-state index in [1.54, 1.807) is 11.8 Å². The first kappa shape index (κ1) is 16.4. The van der Waals surface area contributed by atoms with Gasteiger partial charge in [-0.3, -0.25) is 0 Å². The van der Waals surface area contributed by atoms with Crippen molar-refractivity contribution in [2.45, 2.75) is 6.92 Å². The van der Waals surface area contributed by atoms with Crippen LogP contribution in [0, 0.1) is 5.37 Å². The first-order chi connectivity index (χ1) is 12.2. The lowest BCUT2D eigenvalue weighted by Gasteiger charge is -2.29. The maximum absolute atomic E-state index is 2.31. The van der Waals surface area contributed by atoms with Gasteiger partial charge in [-0.2, -0.15) is 0 Å². The average Bonchev–Trinajstić information content (AvgIpc) is 3.11. The van der Waals surface area contributed by atoms with E-state index in [1.165, 1.54) is 32.1 Å². The number of hydrogen-bond acceptors (Lipinski definition) is 4. The molecule has 0 bridgehead atoms. The molecule has 0 saturated carbocycles. The SMILES string of the molecule is CC1=CSC(N2C=C(c3ccccc3)S[C]2c2ccccc2)=CN1C. The van der Waals surface area contributed by atoms with E-state index < -0.39 is 0 Å². The molecular weight excluding hydrogens is 344 g/mol. The maximum atomic E-state index is 2.31. The predicted octanol–water partition coefficient (Wildman–Crippen LogP) is 5.91. The van der Waals surface area contributed by atoms with Gasteiger partial charge >= 0.3 is 0 Å². The van der Waals surface area contributed by atoms with Crippen molar-refractivity contribution in [1.29, 1.82) is 0 Å². The summed E-state index contributed by atoms with van der Waals surface area (Å²) in [7, 11) is 2.10. The fraction of sp³-hybridized carbons (Fsp3) is 0.0952. The molecule has 2 nitrogen and oxygen atoms in total. The fourth-order valence-corrected chi connectivity index (χ4v) is 4.80. The van der Waals surface area contributed by atoms with Crippen LogP contribution in [0.1, 0.15) is 18.1 Å². The van der Waals surface area contributed by atoms with Gasteiger partial charge in [0.1, 0.15) is 0 Å². The summed E-state index contributed by atoms with van der Waals surface area (Å²) in [5.74, 6) is 0. The van der Waals surface area contributed by atoms with Crippen LogP contribution < -0.4 is 0 Å². The molecule has 0 saturated heterocycles. The van der Waals surface area contributed by atoms with Crippen molar-refractivity contribution in [3.63, 3.8) is 0 Å². The third kappa shape index (κ3) is 3.37. The van der Waals surface area contributed by atoms with E-state index in [0.29, 0.717) is 0 Å². The highest BCUT2D eigenvalue weighted by Crippen LogP contribution is 2.51. The molecule has 0 atom stereocenters. The highest BCUT2D eigenvalue weighted by molar-refractivity contribution is 8.11. The van der Waals surface area contributed by atoms with E-state index >= 15 is 0 Å². The molecule has 0 amide bonds. The van der Waals surface area contributed by atoms with Crippen molar-refractivity contribution in [2.24, 2.45) is 0 Å². The Labute approximate surface area is 157 Å². The molecular formula is C21H19N2S2. The van der Waals surface area contributed by atoms with Gasteiger partial charge in [-0.05, 0) is 23.5 Å². The van der Waals surface area contributed by atoms with Gasteiger partial charge in [-0.25, -0.2) is 0 Å². The van der Waals surface area contributed by atoms with Gasteiger partial charge in [0.25, 0.3) is 0 Å². The zero-order valence-corrected chi connectivity index (χ0v) is 15.8. The van der Waals surface area contributed by atoms with Crippen LogP contribution in [0.4, 0.5) is 0 Å². The minimum Gasteiger partial charge on any atom is -0.352 e. The fourth-order valence-electron chi connectivity index (χ4n) is 2.68. The number of hydrogen-bond donors (Lipinski definition) is 0. The Morgan fingerprint density at radius 2 is 1.44 bits per heavy atom. The van der Waals surface area contributed by atoms with Crippen LogP contribution in [0.3, 0.4) is 0 Å². The van der Waals surface area contributed by atoms with Crippen LogP contribution in [-0.2, 0) is 0 Å². The summed E-state index contributed by atoms with van der Waals surface area (Å²) in [5, 5.41) is 4.67. The molecule has 2 aliphatic rings. The first-order valence-corrected chi connectivity index (χ1v) is 9.87. The third-order valence-corrected chi connectivity index (χ3v) is 6.39. The van der Waals surface area contributed by atoms with Gasteiger partial charge in [0, 0.05) is 30.0 Å². The predicted molar refractivity (Wildman–Crippen MR) is 110 cm³/mol. The number of rotatable bonds is 3. The molecule has 0 unspecified atom stereocenters. The molecule has 125 valence electrons. The molecule has 0 N–H and O–H groups in total. The summed E-state index contributed by atoms with van der Waals surface area (Å²) in [6, 6.07) is 21.2. The minimum absolute atomic E-state index is 1.21. The topological polar surface area (TPSA) is 6.48 Å². The van der Waals surface area contributed by atoms with Crippen LogP contribution in [0.2, 0.25) is 0 Å². The van der Waals surface area contributed by atoms with E-state index in [4.69, 9.17) is 0 Å². The summed E-state index contributed by atoms with van der Waals surface area (Å²) in [4.78, 5) is 5.76. The lowest BCUT2D eigenvalue weighted by molar-refractivity contribution is 0.529. The second-order valence-electron chi connectivity index (χ2n) is 5.96. The largest absolute Gasteiger partial charge is 0.352 e. The van der Waals surface area contributed by atoms with Gasteiger partial charge in [0.05, 0.1) is 5.03 Å². The van der Waals surface area contributed by atoms with Gasteiger partial charge in [-0.1, -0.05) is 84.2 Å². The second kappa shape index (κ2) is 7.06. The van der Waals surface area contributed by atoms with E-state index in [9.17, 15) is 0 Å². The Kier molecular flexibility index (Phi) is 4.64. The van der Waals surface area contributed by atoms with E-state index in [2.05, 4.69) is 102 Å². The molecule has 0 fully saturated rings. The zero-order chi connectivity index (χ0) is 17.2. The average molecular weight is 364 g/mol. The highest BCUT2D eigenvalue weighted by Gasteiger charge is 2.32. The Hall–Kier alpha value is -2.04. The van der Waals surface area contributed by atoms with Crippen LogP contribution >= 0.6 is 23.5 Å². The van der Waals surface area contributed by atoms with Crippen molar-refractivity contribution >= 4 is 28.4 Å². The second-order valence-corrected chi connectivity index (χ2v) is 7.88. The molecule has 2 aromatic rings. The van der Waals surface area contributed by atoms with Crippen molar-refractivity contribution in [1.82, 2.24) is 9.80 Å². The maximum Gasteiger partial charge on any atom is 0.159 e. The van der Waals surface area contributed by atoms with E-state index in [-0.39, 0.29) is 0 Å². The van der Waals surface area contributed by atoms with Gasteiger partial charge in [0.15, 0.2) is 5.37 Å². The lowest BCUT2D eigenvalue weighted by Crippen LogP contribution is -2.21. The van der Waals surface area contributed by atoms with Crippen LogP contribution in [-0.4, -0.2) is 16.8 Å². The zero-order valence-electron chi connectivity index (χ0n) is 14.2. The summed E-state index contributed by atoms with van der Waals surface area (Å²) < 4.78 is 0. The minimum atomic E-state index is 1.21. The molecule has 0 spiro atoms. The summed E-state index contributed by atoms with van der Waals surface area (Å²) in [6.45, 7) is 2.13. The molecule has 2 aliphatic heterocycles. The molecule has 4 heteroatoms. The smallest absolute Gasteiger partial charge is 0.159 e. The first-order valence-electron chi connectivity index (χ1n) is 8.17. The molecule has 0 aliphatic carbocycles. The number of allylic oxidation sites excluding steroid dienone is 1. The van der Waals surface area contributed by atoms with Crippen LogP contribution in [0.15, 0.2) is 89.2 Å². The van der Waals surface area contributed by atoms with E-state index in [0.717, 1.165) is 0 Å². The molecule has 2 aromatic carbocycles. The van der Waals surface area contributed by atoms with Crippen LogP contribution in [0.5, 0.6) is 0 Å². The van der Waals surface area contributed by atoms with Crippen molar-refractivity contribution in [3.8, 4) is 0 Å². The van der Waals surface area contributed by atoms with Gasteiger partial charge in [-0.15, -0.1) is 0 Å². The normalized spacial score (nSPS) is 18.1. The molecule has 4 rings (SSSR count).